The Labute approximate surface area is 51.1 Å². The molecule has 0 atom stereocenters. The fourth-order valence-corrected chi connectivity index (χ4v) is 0.891. The third kappa shape index (κ3) is 0.869. The fraction of sp³-hybridized carbons (Fsp3) is 0. The quantitative estimate of drug-likeness (QED) is 0.531. The van der Waals surface area contributed by atoms with Crippen LogP contribution in [0, 0.1) is 5.41 Å². The van der Waals surface area contributed by atoms with Crippen molar-refractivity contribution in [2.75, 3.05) is 5.73 Å². The number of nitrogens with one attached hydrogen (secondary N) is 1. The van der Waals surface area contributed by atoms with Gasteiger partial charge in [-0.05, 0) is 11.4 Å². The second-order valence-electron chi connectivity index (χ2n) is 1.40. The molecule has 2 nitrogen and oxygen atoms in total. The second-order valence-corrected chi connectivity index (χ2v) is 2.31. The Kier molecular flexibility index (Phi) is 1.30. The minimum atomic E-state index is 0.438. The maximum absolute atomic E-state index is 7.11. The Morgan fingerprint density at radius 1 is 1.62 bits per heavy atom. The summed E-state index contributed by atoms with van der Waals surface area (Å²) in [6.07, 6.45) is 0. The Bertz CT molecular complexity index is 228. The van der Waals surface area contributed by atoms with Crippen molar-refractivity contribution in [3.8, 4) is 0 Å². The first-order valence-electron chi connectivity index (χ1n) is 2.18. The Hall–Kier alpha value is -0.830. The van der Waals surface area contributed by atoms with Crippen molar-refractivity contribution >= 4 is 17.0 Å². The molecule has 8 heavy (non-hydrogen) atoms. The highest BCUT2D eigenvalue weighted by atomic mass is 32.1. The number of anilines is 1. The molecule has 0 radical (unpaired) electrons. The Balaban J connectivity index is 3.35. The zero-order valence-corrected chi connectivity index (χ0v) is 5.03. The molecular formula is C5H6N2S. The van der Waals surface area contributed by atoms with Gasteiger partial charge in [-0.25, -0.2) is 0 Å². The first kappa shape index (κ1) is 5.31. The molecule has 0 amide bonds. The molecule has 0 aromatic carbocycles. The van der Waals surface area contributed by atoms with Gasteiger partial charge in [0, 0.05) is 0 Å². The summed E-state index contributed by atoms with van der Waals surface area (Å²) in [5.74, 6) is 0. The molecule has 0 saturated heterocycles. The van der Waals surface area contributed by atoms with Crippen molar-refractivity contribution in [1.29, 1.82) is 5.41 Å². The highest BCUT2D eigenvalue weighted by molar-refractivity contribution is 7.07. The average molecular weight is 126 g/mol. The topological polar surface area (TPSA) is 49.9 Å². The minimum absolute atomic E-state index is 0.438. The summed E-state index contributed by atoms with van der Waals surface area (Å²) in [6, 6.07) is 3.55. The van der Waals surface area contributed by atoms with Crippen molar-refractivity contribution in [3.63, 3.8) is 0 Å². The van der Waals surface area contributed by atoms with Crippen LogP contribution in [0.1, 0.15) is 0 Å². The van der Waals surface area contributed by atoms with E-state index in [1.54, 1.807) is 6.07 Å². The lowest BCUT2D eigenvalue weighted by Crippen LogP contribution is -2.01. The molecule has 0 saturated carbocycles. The van der Waals surface area contributed by atoms with E-state index in [0.717, 1.165) is 0 Å². The summed E-state index contributed by atoms with van der Waals surface area (Å²) in [6.45, 7) is 0. The fourth-order valence-electron chi connectivity index (χ4n) is 0.394. The SMILES string of the molecule is N=c1scccc1N. The number of hydrogen-bond acceptors (Lipinski definition) is 3. The molecule has 0 bridgehead atoms. The lowest BCUT2D eigenvalue weighted by Gasteiger charge is -1.85. The van der Waals surface area contributed by atoms with Crippen LogP contribution in [0.4, 0.5) is 5.69 Å². The van der Waals surface area contributed by atoms with Crippen LogP contribution < -0.4 is 10.4 Å². The standard InChI is InChI=1S/C5H6N2S/c6-4-2-1-3-8-5(4)7/h1-3,7H,6H2. The van der Waals surface area contributed by atoms with Gasteiger partial charge in [-0.3, -0.25) is 5.41 Å². The van der Waals surface area contributed by atoms with Crippen LogP contribution >= 0.6 is 11.3 Å². The number of nitrogens with two attached hydrogens (primary N) is 1. The van der Waals surface area contributed by atoms with Gasteiger partial charge in [-0.1, -0.05) is 6.07 Å². The van der Waals surface area contributed by atoms with Gasteiger partial charge in [0.25, 0.3) is 0 Å². The van der Waals surface area contributed by atoms with Gasteiger partial charge in [-0.15, -0.1) is 11.3 Å². The van der Waals surface area contributed by atoms with Crippen LogP contribution in [0.15, 0.2) is 17.5 Å². The molecule has 0 unspecified atom stereocenters. The normalized spacial score (nSPS) is 9.00. The van der Waals surface area contributed by atoms with Crippen LogP contribution in [-0.4, -0.2) is 0 Å². The monoisotopic (exact) mass is 126 g/mol. The van der Waals surface area contributed by atoms with E-state index >= 15 is 0 Å². The molecule has 42 valence electrons. The third-order valence-electron chi connectivity index (χ3n) is 0.802. The second kappa shape index (κ2) is 1.96. The summed E-state index contributed by atoms with van der Waals surface area (Å²) in [4.78, 5) is 0. The zero-order chi connectivity index (χ0) is 5.98. The summed E-state index contributed by atoms with van der Waals surface area (Å²) < 4.78 is 0.438. The van der Waals surface area contributed by atoms with Gasteiger partial charge in [-0.2, -0.15) is 0 Å². The van der Waals surface area contributed by atoms with E-state index in [1.165, 1.54) is 11.3 Å². The highest BCUT2D eigenvalue weighted by Gasteiger charge is 1.81. The van der Waals surface area contributed by atoms with Crippen molar-refractivity contribution in [2.45, 2.75) is 0 Å². The van der Waals surface area contributed by atoms with Crippen molar-refractivity contribution in [2.24, 2.45) is 0 Å². The summed E-state index contributed by atoms with van der Waals surface area (Å²) in [5.41, 5.74) is 5.90. The highest BCUT2D eigenvalue weighted by Crippen LogP contribution is 1.93. The molecule has 3 heteroatoms. The Morgan fingerprint density at radius 2 is 2.38 bits per heavy atom. The van der Waals surface area contributed by atoms with Crippen molar-refractivity contribution in [1.82, 2.24) is 0 Å². The molecule has 0 fully saturated rings. The molecule has 0 aliphatic carbocycles. The molecule has 0 aliphatic rings. The van der Waals surface area contributed by atoms with Gasteiger partial charge >= 0.3 is 0 Å². The van der Waals surface area contributed by atoms with E-state index in [9.17, 15) is 0 Å². The van der Waals surface area contributed by atoms with E-state index in [4.69, 9.17) is 11.1 Å². The molecule has 0 spiro atoms. The third-order valence-corrected chi connectivity index (χ3v) is 1.57. The molecule has 1 heterocycles. The molecule has 1 aromatic rings. The van der Waals surface area contributed by atoms with Gasteiger partial charge in [0.15, 0.2) is 0 Å². The maximum Gasteiger partial charge on any atom is 0.130 e. The van der Waals surface area contributed by atoms with Gasteiger partial charge in [0.1, 0.15) is 4.67 Å². The van der Waals surface area contributed by atoms with Crippen LogP contribution in [0.3, 0.4) is 0 Å². The smallest absolute Gasteiger partial charge is 0.130 e. The predicted octanol–water partition coefficient (Wildman–Crippen LogP) is 0.810. The van der Waals surface area contributed by atoms with E-state index < -0.39 is 0 Å². The van der Waals surface area contributed by atoms with E-state index in [0.29, 0.717) is 10.4 Å². The number of rotatable bonds is 0. The first-order valence-corrected chi connectivity index (χ1v) is 3.06. The molecule has 1 rings (SSSR count). The van der Waals surface area contributed by atoms with Crippen molar-refractivity contribution in [3.05, 3.63) is 22.2 Å². The van der Waals surface area contributed by atoms with E-state index in [-0.39, 0.29) is 0 Å². The Morgan fingerprint density at radius 3 is 2.75 bits per heavy atom. The number of nitrogen functional groups attached to an aromatic ring is 1. The summed E-state index contributed by atoms with van der Waals surface area (Å²) in [5, 5.41) is 8.95. The number of hydrogen-bond donors (Lipinski definition) is 2. The first-order chi connectivity index (χ1) is 3.80. The van der Waals surface area contributed by atoms with Crippen LogP contribution in [0.2, 0.25) is 0 Å². The molecule has 1 aromatic heterocycles. The van der Waals surface area contributed by atoms with Gasteiger partial charge < -0.3 is 5.73 Å². The predicted molar refractivity (Wildman–Crippen MR) is 34.6 cm³/mol. The minimum Gasteiger partial charge on any atom is -0.396 e. The van der Waals surface area contributed by atoms with Crippen molar-refractivity contribution < 1.29 is 0 Å². The van der Waals surface area contributed by atoms with Crippen LogP contribution in [-0.2, 0) is 0 Å². The van der Waals surface area contributed by atoms with Gasteiger partial charge in [0.05, 0.1) is 5.69 Å². The van der Waals surface area contributed by atoms with Crippen LogP contribution in [0.25, 0.3) is 0 Å². The molecular weight excluding hydrogens is 120 g/mol. The molecule has 0 aliphatic heterocycles. The maximum atomic E-state index is 7.11. The largest absolute Gasteiger partial charge is 0.396 e. The summed E-state index contributed by atoms with van der Waals surface area (Å²) >= 11 is 1.34. The van der Waals surface area contributed by atoms with E-state index in [1.807, 2.05) is 11.4 Å². The van der Waals surface area contributed by atoms with E-state index in [2.05, 4.69) is 0 Å². The lowest BCUT2D eigenvalue weighted by atomic mass is 10.5. The van der Waals surface area contributed by atoms with Gasteiger partial charge in [0.2, 0.25) is 0 Å². The zero-order valence-electron chi connectivity index (χ0n) is 4.22. The lowest BCUT2D eigenvalue weighted by molar-refractivity contribution is 1.35. The summed E-state index contributed by atoms with van der Waals surface area (Å²) in [7, 11) is 0. The van der Waals surface area contributed by atoms with Crippen LogP contribution in [0.5, 0.6) is 0 Å². The molecule has 3 N–H and O–H groups in total. The average Bonchev–Trinajstić information content (AvgIpc) is 1.77.